The second-order valence-corrected chi connectivity index (χ2v) is 4.20. The monoisotopic (exact) mass is 275 g/mol. The Balaban J connectivity index is 2.19. The smallest absolute Gasteiger partial charge is 0.337 e. The van der Waals surface area contributed by atoms with Gasteiger partial charge in [0.05, 0.1) is 11.5 Å². The summed E-state index contributed by atoms with van der Waals surface area (Å²) >= 11 is 0. The standard InChI is InChI=1S/C12H13N5O3/c1-8-11(17(19)20)12(16(2)15-8)14-13-7-9-3-5-10(18)6-4-9/h3-6,18H,7H2,1-2H3. The fourth-order valence-electron chi connectivity index (χ4n) is 1.75. The molecule has 0 saturated carbocycles. The molecule has 104 valence electrons. The highest BCUT2D eigenvalue weighted by Crippen LogP contribution is 2.30. The van der Waals surface area contributed by atoms with Crippen LogP contribution in [0.15, 0.2) is 34.5 Å². The second kappa shape index (κ2) is 5.47. The van der Waals surface area contributed by atoms with Crippen molar-refractivity contribution >= 4 is 11.5 Å². The summed E-state index contributed by atoms with van der Waals surface area (Å²) in [5, 5.41) is 31.9. The first-order valence-corrected chi connectivity index (χ1v) is 5.82. The van der Waals surface area contributed by atoms with Gasteiger partial charge in [-0.25, -0.2) is 4.68 Å². The first-order chi connectivity index (χ1) is 9.49. The average molecular weight is 275 g/mol. The summed E-state index contributed by atoms with van der Waals surface area (Å²) < 4.78 is 1.33. The minimum Gasteiger partial charge on any atom is -0.508 e. The van der Waals surface area contributed by atoms with E-state index in [4.69, 9.17) is 5.11 Å². The van der Waals surface area contributed by atoms with Gasteiger partial charge in [-0.1, -0.05) is 12.1 Å². The number of nitrogens with zero attached hydrogens (tertiary/aromatic N) is 5. The Hall–Kier alpha value is -2.77. The van der Waals surface area contributed by atoms with Gasteiger partial charge in [-0.3, -0.25) is 10.1 Å². The van der Waals surface area contributed by atoms with E-state index < -0.39 is 4.92 Å². The Bertz CT molecular complexity index is 660. The van der Waals surface area contributed by atoms with Crippen molar-refractivity contribution in [1.82, 2.24) is 9.78 Å². The fourth-order valence-corrected chi connectivity index (χ4v) is 1.75. The molecule has 20 heavy (non-hydrogen) atoms. The third-order valence-corrected chi connectivity index (χ3v) is 2.70. The number of azo groups is 1. The van der Waals surface area contributed by atoms with Gasteiger partial charge in [0.1, 0.15) is 11.4 Å². The molecule has 0 amide bonds. The van der Waals surface area contributed by atoms with Crippen molar-refractivity contribution in [1.29, 1.82) is 0 Å². The van der Waals surface area contributed by atoms with Gasteiger partial charge in [0, 0.05) is 7.05 Å². The normalized spacial score (nSPS) is 11.1. The number of aryl methyl sites for hydroxylation is 2. The van der Waals surface area contributed by atoms with Crippen LogP contribution in [-0.4, -0.2) is 19.8 Å². The Morgan fingerprint density at radius 3 is 2.65 bits per heavy atom. The fraction of sp³-hybridized carbons (Fsp3) is 0.250. The van der Waals surface area contributed by atoms with E-state index in [0.29, 0.717) is 5.69 Å². The minimum absolute atomic E-state index is 0.117. The maximum Gasteiger partial charge on any atom is 0.337 e. The van der Waals surface area contributed by atoms with Gasteiger partial charge in [-0.2, -0.15) is 10.2 Å². The highest BCUT2D eigenvalue weighted by atomic mass is 16.6. The van der Waals surface area contributed by atoms with Gasteiger partial charge >= 0.3 is 5.69 Å². The first kappa shape index (κ1) is 13.7. The number of benzene rings is 1. The van der Waals surface area contributed by atoms with Crippen LogP contribution < -0.4 is 0 Å². The molecule has 0 fully saturated rings. The maximum atomic E-state index is 10.9. The van der Waals surface area contributed by atoms with Gasteiger partial charge < -0.3 is 5.11 Å². The lowest BCUT2D eigenvalue weighted by Crippen LogP contribution is -1.90. The highest BCUT2D eigenvalue weighted by Gasteiger charge is 2.23. The van der Waals surface area contributed by atoms with Crippen molar-refractivity contribution in [2.45, 2.75) is 13.5 Å². The first-order valence-electron chi connectivity index (χ1n) is 5.82. The molecule has 0 atom stereocenters. The largest absolute Gasteiger partial charge is 0.508 e. The Kier molecular flexibility index (Phi) is 3.74. The van der Waals surface area contributed by atoms with Crippen molar-refractivity contribution in [2.75, 3.05) is 0 Å². The van der Waals surface area contributed by atoms with Crippen molar-refractivity contribution in [3.05, 3.63) is 45.6 Å². The molecular weight excluding hydrogens is 262 g/mol. The zero-order valence-electron chi connectivity index (χ0n) is 11.0. The van der Waals surface area contributed by atoms with Gasteiger partial charge in [0.25, 0.3) is 5.82 Å². The van der Waals surface area contributed by atoms with Crippen LogP contribution in [0.1, 0.15) is 11.3 Å². The third kappa shape index (κ3) is 2.79. The molecular formula is C12H13N5O3. The molecule has 2 aromatic rings. The Morgan fingerprint density at radius 1 is 1.40 bits per heavy atom. The van der Waals surface area contributed by atoms with Gasteiger partial charge in [-0.05, 0) is 24.6 Å². The van der Waals surface area contributed by atoms with Crippen molar-refractivity contribution in [3.63, 3.8) is 0 Å². The lowest BCUT2D eigenvalue weighted by atomic mass is 10.2. The van der Waals surface area contributed by atoms with E-state index in [0.717, 1.165) is 5.56 Å². The molecule has 0 aliphatic rings. The summed E-state index contributed by atoms with van der Waals surface area (Å²) in [5.41, 5.74) is 1.01. The molecule has 1 N–H and O–H groups in total. The number of hydrogen-bond donors (Lipinski definition) is 1. The van der Waals surface area contributed by atoms with Gasteiger partial charge in [0.15, 0.2) is 0 Å². The predicted octanol–water partition coefficient (Wildman–Crippen LogP) is 2.63. The van der Waals surface area contributed by atoms with Gasteiger partial charge in [0.2, 0.25) is 0 Å². The van der Waals surface area contributed by atoms with Crippen LogP contribution in [0.5, 0.6) is 5.75 Å². The predicted molar refractivity (Wildman–Crippen MR) is 70.9 cm³/mol. The topological polar surface area (TPSA) is 106 Å². The van der Waals surface area contributed by atoms with Crippen LogP contribution in [0.25, 0.3) is 0 Å². The van der Waals surface area contributed by atoms with Crippen LogP contribution in [0, 0.1) is 17.0 Å². The van der Waals surface area contributed by atoms with E-state index in [-0.39, 0.29) is 23.8 Å². The zero-order chi connectivity index (χ0) is 14.7. The highest BCUT2D eigenvalue weighted by molar-refractivity contribution is 5.54. The Labute approximate surface area is 114 Å². The van der Waals surface area contributed by atoms with Gasteiger partial charge in [-0.15, -0.1) is 5.11 Å². The molecule has 0 radical (unpaired) electrons. The number of hydrogen-bond acceptors (Lipinski definition) is 6. The average Bonchev–Trinajstić information content (AvgIpc) is 2.66. The number of phenols is 1. The van der Waals surface area contributed by atoms with Crippen LogP contribution in [-0.2, 0) is 13.6 Å². The maximum absolute atomic E-state index is 10.9. The number of aromatic nitrogens is 2. The summed E-state index contributed by atoms with van der Waals surface area (Å²) in [6.07, 6.45) is 0. The molecule has 0 unspecified atom stereocenters. The molecule has 0 aliphatic carbocycles. The van der Waals surface area contributed by atoms with Crippen LogP contribution >= 0.6 is 0 Å². The molecule has 8 heteroatoms. The zero-order valence-corrected chi connectivity index (χ0v) is 11.0. The van der Waals surface area contributed by atoms with Crippen molar-refractivity contribution in [2.24, 2.45) is 17.3 Å². The van der Waals surface area contributed by atoms with Crippen LogP contribution in [0.4, 0.5) is 11.5 Å². The van der Waals surface area contributed by atoms with Crippen LogP contribution in [0.2, 0.25) is 0 Å². The minimum atomic E-state index is -0.517. The lowest BCUT2D eigenvalue weighted by molar-refractivity contribution is -0.384. The Morgan fingerprint density at radius 2 is 2.05 bits per heavy atom. The summed E-state index contributed by atoms with van der Waals surface area (Å²) in [7, 11) is 1.58. The SMILES string of the molecule is Cc1nn(C)c(N=NCc2ccc(O)cc2)c1[N+](=O)[O-]. The molecule has 1 heterocycles. The molecule has 0 spiro atoms. The number of rotatable bonds is 4. The van der Waals surface area contributed by atoms with E-state index in [9.17, 15) is 10.1 Å². The number of phenolic OH excluding ortho intramolecular Hbond substituents is 1. The second-order valence-electron chi connectivity index (χ2n) is 4.20. The van der Waals surface area contributed by atoms with E-state index in [1.807, 2.05) is 0 Å². The number of aromatic hydroxyl groups is 1. The lowest BCUT2D eigenvalue weighted by Gasteiger charge is -1.96. The summed E-state index contributed by atoms with van der Waals surface area (Å²) in [6.45, 7) is 1.82. The summed E-state index contributed by atoms with van der Waals surface area (Å²) in [5.74, 6) is 0.287. The number of nitro groups is 1. The summed E-state index contributed by atoms with van der Waals surface area (Å²) in [6, 6.07) is 6.50. The quantitative estimate of drug-likeness (QED) is 0.525. The van der Waals surface area contributed by atoms with Crippen LogP contribution in [0.3, 0.4) is 0 Å². The van der Waals surface area contributed by atoms with Crippen molar-refractivity contribution < 1.29 is 10.0 Å². The van der Waals surface area contributed by atoms with Crippen molar-refractivity contribution in [3.8, 4) is 5.75 Å². The van der Waals surface area contributed by atoms with E-state index >= 15 is 0 Å². The van der Waals surface area contributed by atoms with E-state index in [1.165, 1.54) is 4.68 Å². The molecule has 0 bridgehead atoms. The molecule has 2 rings (SSSR count). The molecule has 0 saturated heterocycles. The molecule has 8 nitrogen and oxygen atoms in total. The molecule has 1 aromatic heterocycles. The molecule has 0 aliphatic heterocycles. The third-order valence-electron chi connectivity index (χ3n) is 2.70. The van der Waals surface area contributed by atoms with E-state index in [2.05, 4.69) is 15.3 Å². The summed E-state index contributed by atoms with van der Waals surface area (Å²) in [4.78, 5) is 10.4. The van der Waals surface area contributed by atoms with E-state index in [1.54, 1.807) is 38.2 Å². The molecule has 1 aromatic carbocycles.